The Labute approximate surface area is 135 Å². The molecule has 0 aliphatic carbocycles. The fourth-order valence-electron chi connectivity index (χ4n) is 1.89. The van der Waals surface area contributed by atoms with Crippen LogP contribution in [0.3, 0.4) is 0 Å². The Morgan fingerprint density at radius 3 is 1.84 bits per heavy atom. The summed E-state index contributed by atoms with van der Waals surface area (Å²) in [5.41, 5.74) is 3.93. The summed E-state index contributed by atoms with van der Waals surface area (Å²) in [7, 11) is 9.78. The van der Waals surface area contributed by atoms with E-state index in [0.29, 0.717) is 11.8 Å². The van der Waals surface area contributed by atoms with E-state index in [-0.39, 0.29) is 0 Å². The monoisotopic (exact) mass is 335 g/mol. The van der Waals surface area contributed by atoms with Crippen molar-refractivity contribution in [2.45, 2.75) is 46.0 Å². The second-order valence-corrected chi connectivity index (χ2v) is 7.48. The molecule has 0 amide bonds. The quantitative estimate of drug-likeness (QED) is 0.428. The topological polar surface area (TPSA) is 14.1 Å². The van der Waals surface area contributed by atoms with E-state index >= 15 is 0 Å². The first-order valence-electron chi connectivity index (χ1n) is 6.55. The Morgan fingerprint density at radius 1 is 1.11 bits per heavy atom. The van der Waals surface area contributed by atoms with Crippen molar-refractivity contribution in [1.82, 2.24) is 0 Å². The van der Waals surface area contributed by atoms with E-state index in [1.165, 1.54) is 16.8 Å². The summed E-state index contributed by atoms with van der Waals surface area (Å²) in [5.74, 6) is 1.06. The molecule has 0 atom stereocenters. The molecule has 108 valence electrons. The van der Waals surface area contributed by atoms with Gasteiger partial charge in [-0.2, -0.15) is 13.0 Å². The van der Waals surface area contributed by atoms with Gasteiger partial charge in [-0.15, -0.1) is 5.69 Å². The molecule has 1 nitrogen and oxygen atoms in total. The summed E-state index contributed by atoms with van der Waals surface area (Å²) in [5, 5.41) is 4.70. The van der Waals surface area contributed by atoms with Crippen molar-refractivity contribution >= 4 is 24.3 Å². The van der Waals surface area contributed by atoms with Gasteiger partial charge in [-0.05, 0) is 11.8 Å². The Bertz CT molecular complexity index is 328. The van der Waals surface area contributed by atoms with Crippen LogP contribution in [0.4, 0.5) is 5.69 Å². The summed E-state index contributed by atoms with van der Waals surface area (Å²) in [6.45, 7) is 13.6. The van der Waals surface area contributed by atoms with Crippen LogP contribution >= 0.6 is 18.6 Å². The average Bonchev–Trinajstić information content (AvgIpc) is 2.36. The van der Waals surface area contributed by atoms with Gasteiger partial charge in [0.05, 0.1) is 0 Å². The van der Waals surface area contributed by atoms with E-state index < -0.39 is 17.0 Å². The van der Waals surface area contributed by atoms with E-state index in [1.807, 2.05) is 0 Å². The molecule has 0 N–H and O–H groups in total. The minimum absolute atomic E-state index is 0.530. The third kappa shape index (κ3) is 7.04. The number of halogens is 2. The molecule has 0 aliphatic heterocycles. The van der Waals surface area contributed by atoms with Gasteiger partial charge in [-0.3, -0.25) is 0 Å². The molecule has 1 rings (SSSR count). The molecule has 0 bridgehead atoms. The molecule has 0 fully saturated rings. The van der Waals surface area contributed by atoms with Crippen LogP contribution in [0, 0.1) is 6.92 Å². The molecule has 0 heterocycles. The van der Waals surface area contributed by atoms with E-state index in [1.54, 1.807) is 0 Å². The first-order valence-corrected chi connectivity index (χ1v) is 10.8. The van der Waals surface area contributed by atoms with Crippen molar-refractivity contribution in [1.29, 1.82) is 0 Å². The zero-order chi connectivity index (χ0) is 14.8. The van der Waals surface area contributed by atoms with Crippen molar-refractivity contribution < 1.29 is 17.0 Å². The second kappa shape index (κ2) is 11.0. The SMILES string of the molecule is [CH2-]CC[N-]c1c(C(C)C)cccc1C(C)C.[Cl][Ti][Cl]. The molecule has 1 aromatic carbocycles. The molecule has 0 saturated heterocycles. The van der Waals surface area contributed by atoms with Crippen LogP contribution < -0.4 is 0 Å². The maximum absolute atomic E-state index is 4.89. The van der Waals surface area contributed by atoms with Gasteiger partial charge in [0, 0.05) is 0 Å². The molecule has 4 heteroatoms. The van der Waals surface area contributed by atoms with Gasteiger partial charge in [-0.1, -0.05) is 57.0 Å². The zero-order valence-electron chi connectivity index (χ0n) is 12.2. The van der Waals surface area contributed by atoms with Gasteiger partial charge in [0.15, 0.2) is 0 Å². The fourth-order valence-corrected chi connectivity index (χ4v) is 1.89. The second-order valence-electron chi connectivity index (χ2n) is 4.90. The standard InChI is InChI=1S/C15H23N.2ClH.Ti/c1-6-10-16-15-13(11(2)3)8-7-9-14(15)12(4)5;;;/h7-9,11-12H,1,6,10H2,2-5H3;2*1H;/q-2;;;+2/p-2. The van der Waals surface area contributed by atoms with Crippen molar-refractivity contribution in [2.75, 3.05) is 6.54 Å². The number of hydrogen-bond donors (Lipinski definition) is 0. The molecule has 0 aliphatic rings. The van der Waals surface area contributed by atoms with Gasteiger partial charge in [0.25, 0.3) is 0 Å². The molecule has 0 spiro atoms. The molecular weight excluding hydrogens is 313 g/mol. The Kier molecular flexibility index (Phi) is 11.2. The van der Waals surface area contributed by atoms with Crippen LogP contribution in [0.1, 0.15) is 57.1 Å². The van der Waals surface area contributed by atoms with Crippen LogP contribution in [-0.4, -0.2) is 6.54 Å². The van der Waals surface area contributed by atoms with Gasteiger partial charge < -0.3 is 12.2 Å². The Hall–Kier alpha value is 0.314. The number of benzene rings is 1. The first kappa shape index (κ1) is 19.3. The van der Waals surface area contributed by atoms with E-state index in [4.69, 9.17) is 23.9 Å². The Morgan fingerprint density at radius 2 is 1.53 bits per heavy atom. The van der Waals surface area contributed by atoms with Gasteiger partial charge in [-0.25, -0.2) is 0 Å². The van der Waals surface area contributed by atoms with Crippen LogP contribution in [0.2, 0.25) is 0 Å². The van der Waals surface area contributed by atoms with E-state index in [9.17, 15) is 0 Å². The predicted octanol–water partition coefficient (Wildman–Crippen LogP) is 6.54. The minimum atomic E-state index is -0.556. The Balaban J connectivity index is 0.000000982. The predicted molar refractivity (Wildman–Crippen MR) is 84.2 cm³/mol. The molecule has 0 unspecified atom stereocenters. The molecular formula is C15H23Cl2NTi-2. The molecule has 0 radical (unpaired) electrons. The first-order chi connectivity index (χ1) is 8.99. The summed E-state index contributed by atoms with van der Waals surface area (Å²) < 4.78 is 0. The van der Waals surface area contributed by atoms with Gasteiger partial charge >= 0.3 is 35.6 Å². The summed E-state index contributed by atoms with van der Waals surface area (Å²) in [6, 6.07) is 6.53. The molecule has 19 heavy (non-hydrogen) atoms. The van der Waals surface area contributed by atoms with Crippen LogP contribution in [-0.2, 0) is 17.0 Å². The van der Waals surface area contributed by atoms with Crippen molar-refractivity contribution in [3.8, 4) is 0 Å². The van der Waals surface area contributed by atoms with Gasteiger partial charge in [0.2, 0.25) is 0 Å². The average molecular weight is 336 g/mol. The number of para-hydroxylation sites is 1. The third-order valence-electron chi connectivity index (χ3n) is 2.77. The molecule has 0 aromatic heterocycles. The summed E-state index contributed by atoms with van der Waals surface area (Å²) in [6.07, 6.45) is 0.865. The van der Waals surface area contributed by atoms with Crippen LogP contribution in [0.5, 0.6) is 0 Å². The number of nitrogens with zero attached hydrogens (tertiary/aromatic N) is 1. The molecule has 1 aromatic rings. The number of rotatable bonds is 5. The van der Waals surface area contributed by atoms with Gasteiger partial charge in [0.1, 0.15) is 0 Å². The maximum atomic E-state index is 4.89. The van der Waals surface area contributed by atoms with Crippen molar-refractivity contribution in [3.05, 3.63) is 41.6 Å². The zero-order valence-corrected chi connectivity index (χ0v) is 15.3. The number of hydrogen-bond acceptors (Lipinski definition) is 0. The van der Waals surface area contributed by atoms with Crippen LogP contribution in [0.15, 0.2) is 18.2 Å². The summed E-state index contributed by atoms with van der Waals surface area (Å²) in [4.78, 5) is 0. The van der Waals surface area contributed by atoms with E-state index in [2.05, 4.69) is 52.8 Å². The van der Waals surface area contributed by atoms with E-state index in [0.717, 1.165) is 13.0 Å². The normalized spacial score (nSPS) is 10.2. The summed E-state index contributed by atoms with van der Waals surface area (Å²) >= 11 is -0.556. The fraction of sp³-hybridized carbons (Fsp3) is 0.533. The van der Waals surface area contributed by atoms with Crippen molar-refractivity contribution in [2.24, 2.45) is 0 Å². The molecule has 0 saturated carbocycles. The van der Waals surface area contributed by atoms with Crippen LogP contribution in [0.25, 0.3) is 5.32 Å². The van der Waals surface area contributed by atoms with Crippen molar-refractivity contribution in [3.63, 3.8) is 0 Å². The third-order valence-corrected chi connectivity index (χ3v) is 2.77.